The van der Waals surface area contributed by atoms with Gasteiger partial charge in [-0.05, 0) is 6.92 Å². The number of carbonyl (C=O) groups excluding carboxylic acids is 1. The van der Waals surface area contributed by atoms with Crippen LogP contribution in [-0.2, 0) is 10.2 Å². The van der Waals surface area contributed by atoms with E-state index in [0.717, 1.165) is 7.05 Å². The van der Waals surface area contributed by atoms with E-state index in [9.17, 15) is 13.2 Å². The van der Waals surface area contributed by atoms with Crippen LogP contribution < -0.4 is 5.32 Å². The Morgan fingerprint density at radius 1 is 1.55 bits per heavy atom. The van der Waals surface area contributed by atoms with E-state index in [-0.39, 0.29) is 5.84 Å². The molecule has 7 heteroatoms. The number of carbonyl (C=O) groups is 1. The molecule has 62 valence electrons. The summed E-state index contributed by atoms with van der Waals surface area (Å²) in [6.07, 6.45) is 0. The number of hydrogen-bond acceptors (Lipinski definition) is 3. The average Bonchev–Trinajstić information content (AvgIpc) is 1.81. The molecule has 1 heterocycles. The molecule has 0 spiro atoms. The molecule has 1 aliphatic rings. The van der Waals surface area contributed by atoms with E-state index < -0.39 is 16.2 Å². The van der Waals surface area contributed by atoms with Gasteiger partial charge in [0.05, 0.1) is 0 Å². The van der Waals surface area contributed by atoms with E-state index >= 15 is 0 Å². The molecular weight excluding hydrogens is 170 g/mol. The van der Waals surface area contributed by atoms with Crippen LogP contribution in [-0.4, -0.2) is 31.6 Å². The minimum atomic E-state index is -3.75. The number of nitrogens with zero attached hydrogens (tertiary/aromatic N) is 2. The normalized spacial score (nSPS) is 22.5. The van der Waals surface area contributed by atoms with Gasteiger partial charge in [0.2, 0.25) is 0 Å². The highest BCUT2D eigenvalue weighted by atomic mass is 32.2. The van der Waals surface area contributed by atoms with Crippen molar-refractivity contribution in [3.05, 3.63) is 0 Å². The van der Waals surface area contributed by atoms with Crippen molar-refractivity contribution in [1.29, 1.82) is 0 Å². The van der Waals surface area contributed by atoms with Crippen molar-refractivity contribution < 1.29 is 13.2 Å². The molecule has 0 saturated heterocycles. The molecule has 1 rings (SSSR count). The van der Waals surface area contributed by atoms with Gasteiger partial charge in [0, 0.05) is 7.05 Å². The van der Waals surface area contributed by atoms with E-state index in [1.54, 1.807) is 0 Å². The first-order valence-electron chi connectivity index (χ1n) is 2.80. The van der Waals surface area contributed by atoms with Gasteiger partial charge >= 0.3 is 16.2 Å². The summed E-state index contributed by atoms with van der Waals surface area (Å²) in [4.78, 5) is 10.8. The number of urea groups is 1. The lowest BCUT2D eigenvalue weighted by Gasteiger charge is -2.19. The van der Waals surface area contributed by atoms with Crippen LogP contribution in [0.2, 0.25) is 0 Å². The molecule has 0 saturated carbocycles. The molecule has 2 amide bonds. The lowest BCUT2D eigenvalue weighted by molar-refractivity contribution is 0.232. The summed E-state index contributed by atoms with van der Waals surface area (Å²) >= 11 is 0. The lowest BCUT2D eigenvalue weighted by atomic mass is 10.7. The first kappa shape index (κ1) is 7.99. The van der Waals surface area contributed by atoms with Crippen molar-refractivity contribution in [3.63, 3.8) is 0 Å². The zero-order valence-corrected chi connectivity index (χ0v) is 6.84. The highest BCUT2D eigenvalue weighted by Crippen LogP contribution is 2.04. The van der Waals surface area contributed by atoms with E-state index in [1.165, 1.54) is 6.92 Å². The maximum absolute atomic E-state index is 10.9. The minimum Gasteiger partial charge on any atom is -0.294 e. The predicted octanol–water partition coefficient (Wildman–Crippen LogP) is -0.695. The Balaban J connectivity index is 3.18. The van der Waals surface area contributed by atoms with Crippen LogP contribution >= 0.6 is 0 Å². The second-order valence-corrected chi connectivity index (χ2v) is 3.68. The Kier molecular flexibility index (Phi) is 1.59. The fraction of sp³-hybridized carbons (Fsp3) is 0.500. The molecule has 0 atom stereocenters. The largest absolute Gasteiger partial charge is 0.349 e. The number of rotatable bonds is 0. The SMILES string of the molecule is CC1=NS(=O)(=O)N(C)C(=O)N1. The smallest absolute Gasteiger partial charge is 0.294 e. The second kappa shape index (κ2) is 2.19. The third-order valence-corrected chi connectivity index (χ3v) is 2.53. The Morgan fingerprint density at radius 3 is 2.55 bits per heavy atom. The van der Waals surface area contributed by atoms with Crippen molar-refractivity contribution in [2.45, 2.75) is 6.92 Å². The summed E-state index contributed by atoms with van der Waals surface area (Å²) in [7, 11) is -2.61. The summed E-state index contributed by atoms with van der Waals surface area (Å²) in [6, 6.07) is -0.683. The van der Waals surface area contributed by atoms with Gasteiger partial charge in [-0.15, -0.1) is 4.40 Å². The van der Waals surface area contributed by atoms with Crippen molar-refractivity contribution in [2.24, 2.45) is 4.40 Å². The fourth-order valence-electron chi connectivity index (χ4n) is 0.595. The minimum absolute atomic E-state index is 0.0908. The summed E-state index contributed by atoms with van der Waals surface area (Å²) in [6.45, 7) is 1.41. The molecule has 6 nitrogen and oxygen atoms in total. The van der Waals surface area contributed by atoms with Crippen LogP contribution in [0.3, 0.4) is 0 Å². The van der Waals surface area contributed by atoms with E-state index in [1.807, 2.05) is 0 Å². The van der Waals surface area contributed by atoms with Crippen LogP contribution in [0.25, 0.3) is 0 Å². The van der Waals surface area contributed by atoms with Gasteiger partial charge in [0.25, 0.3) is 0 Å². The maximum atomic E-state index is 10.9. The van der Waals surface area contributed by atoms with Crippen LogP contribution in [0.15, 0.2) is 4.40 Å². The zero-order chi connectivity index (χ0) is 8.65. The van der Waals surface area contributed by atoms with Gasteiger partial charge in [-0.3, -0.25) is 5.32 Å². The summed E-state index contributed by atoms with van der Waals surface area (Å²) in [5, 5.41) is 2.24. The van der Waals surface area contributed by atoms with E-state index in [2.05, 4.69) is 9.71 Å². The van der Waals surface area contributed by atoms with Gasteiger partial charge < -0.3 is 0 Å². The highest BCUT2D eigenvalue weighted by Gasteiger charge is 2.27. The zero-order valence-electron chi connectivity index (χ0n) is 6.03. The quantitative estimate of drug-likeness (QED) is 0.531. The van der Waals surface area contributed by atoms with Crippen LogP contribution in [0.5, 0.6) is 0 Å². The van der Waals surface area contributed by atoms with Crippen LogP contribution in [0.1, 0.15) is 6.92 Å². The number of amides is 2. The first-order valence-corrected chi connectivity index (χ1v) is 4.19. The van der Waals surface area contributed by atoms with Gasteiger partial charge in [0.1, 0.15) is 5.84 Å². The molecule has 0 aromatic carbocycles. The molecule has 0 bridgehead atoms. The monoisotopic (exact) mass is 177 g/mol. The van der Waals surface area contributed by atoms with E-state index in [4.69, 9.17) is 0 Å². The number of nitrogens with one attached hydrogen (secondary N) is 1. The van der Waals surface area contributed by atoms with Gasteiger partial charge in [-0.2, -0.15) is 8.42 Å². The second-order valence-electron chi connectivity index (χ2n) is 2.05. The predicted molar refractivity (Wildman–Crippen MR) is 38.3 cm³/mol. The maximum Gasteiger partial charge on any atom is 0.349 e. The van der Waals surface area contributed by atoms with Crippen molar-refractivity contribution in [2.75, 3.05) is 7.05 Å². The summed E-state index contributed by atoms with van der Waals surface area (Å²) < 4.78 is 25.5. The van der Waals surface area contributed by atoms with Gasteiger partial charge in [-0.25, -0.2) is 9.10 Å². The number of amidine groups is 1. The Bertz CT molecular complexity index is 317. The van der Waals surface area contributed by atoms with Crippen LogP contribution in [0, 0.1) is 0 Å². The van der Waals surface area contributed by atoms with Gasteiger partial charge in [-0.1, -0.05) is 0 Å². The number of hydrogen-bond donors (Lipinski definition) is 1. The molecular formula is C4H7N3O3S. The Morgan fingerprint density at radius 2 is 2.09 bits per heavy atom. The van der Waals surface area contributed by atoms with Crippen molar-refractivity contribution >= 4 is 22.1 Å². The van der Waals surface area contributed by atoms with Crippen molar-refractivity contribution in [3.8, 4) is 0 Å². The summed E-state index contributed by atoms with van der Waals surface area (Å²) in [5.41, 5.74) is 0. The molecule has 0 aliphatic carbocycles. The molecule has 1 N–H and O–H groups in total. The third kappa shape index (κ3) is 1.32. The lowest BCUT2D eigenvalue weighted by Crippen LogP contribution is -2.47. The molecule has 0 radical (unpaired) electrons. The summed E-state index contributed by atoms with van der Waals surface area (Å²) in [5.74, 6) is 0.0908. The molecule has 0 unspecified atom stereocenters. The standard InChI is InChI=1S/C4H7N3O3S/c1-3-5-4(8)7(2)11(9,10)6-3/h1-2H3,(H,5,6,8). The Hall–Kier alpha value is -1.11. The average molecular weight is 177 g/mol. The van der Waals surface area contributed by atoms with Gasteiger partial charge in [0.15, 0.2) is 0 Å². The third-order valence-electron chi connectivity index (χ3n) is 1.17. The van der Waals surface area contributed by atoms with Crippen LogP contribution in [0.4, 0.5) is 4.79 Å². The molecule has 11 heavy (non-hydrogen) atoms. The first-order chi connectivity index (χ1) is 4.93. The highest BCUT2D eigenvalue weighted by molar-refractivity contribution is 7.88. The molecule has 0 fully saturated rings. The fourth-order valence-corrected chi connectivity index (χ4v) is 1.36. The Labute approximate surface area is 64.1 Å². The molecule has 0 aromatic rings. The molecule has 1 aliphatic heterocycles. The van der Waals surface area contributed by atoms with E-state index in [0.29, 0.717) is 4.31 Å². The molecule has 0 aromatic heterocycles. The van der Waals surface area contributed by atoms with Crippen molar-refractivity contribution in [1.82, 2.24) is 9.62 Å². The topological polar surface area (TPSA) is 78.8 Å².